The summed E-state index contributed by atoms with van der Waals surface area (Å²) >= 11 is 5.72. The number of fused-ring (bicyclic) bond motifs is 1. The summed E-state index contributed by atoms with van der Waals surface area (Å²) in [6.45, 7) is 2.67. The second-order valence-corrected chi connectivity index (χ2v) is 3.84. The summed E-state index contributed by atoms with van der Waals surface area (Å²) in [7, 11) is 0. The average Bonchev–Trinajstić information content (AvgIpc) is 2.78. The largest absolute Gasteiger partial charge is 0.378 e. The molecule has 0 unspecified atom stereocenters. The molecule has 0 spiro atoms. The van der Waals surface area contributed by atoms with Gasteiger partial charge in [-0.05, 0) is 23.7 Å². The lowest BCUT2D eigenvalue weighted by Crippen LogP contribution is -2.36. The minimum Gasteiger partial charge on any atom is -0.378 e. The fraction of sp³-hybridized carbons (Fsp3) is 0.400. The third-order valence-corrected chi connectivity index (χ3v) is 2.65. The van der Waals surface area contributed by atoms with Crippen molar-refractivity contribution in [1.82, 2.24) is 14.6 Å². The van der Waals surface area contributed by atoms with Crippen LogP contribution in [0.1, 0.15) is 2.74 Å². The minimum atomic E-state index is 0.0520. The fourth-order valence-electron chi connectivity index (χ4n) is 1.70. The van der Waals surface area contributed by atoms with Crippen molar-refractivity contribution in [2.75, 3.05) is 31.2 Å². The molecule has 6 heteroatoms. The first-order chi connectivity index (χ1) is 8.66. The summed E-state index contributed by atoms with van der Waals surface area (Å²) in [6, 6.07) is 1.85. The van der Waals surface area contributed by atoms with Gasteiger partial charge in [-0.1, -0.05) is 0 Å². The molecule has 1 aliphatic heterocycles. The molecule has 2 aromatic heterocycles. The molecule has 3 heterocycles. The molecule has 3 rings (SSSR count). The number of nitrogens with zero attached hydrogens (tertiary/aromatic N) is 4. The predicted octanol–water partition coefficient (Wildman–Crippen LogP) is 1.22. The van der Waals surface area contributed by atoms with Gasteiger partial charge in [-0.15, -0.1) is 5.10 Å². The van der Waals surface area contributed by atoms with Crippen molar-refractivity contribution in [3.05, 3.63) is 23.6 Å². The van der Waals surface area contributed by atoms with Crippen LogP contribution < -0.4 is 4.90 Å². The topological polar surface area (TPSA) is 42.7 Å². The third kappa shape index (κ3) is 1.72. The van der Waals surface area contributed by atoms with Crippen LogP contribution in [0, 0.1) is 0 Å². The molecule has 2 aromatic rings. The molecule has 0 aliphatic carbocycles. The van der Waals surface area contributed by atoms with E-state index < -0.39 is 0 Å². The van der Waals surface area contributed by atoms with E-state index in [1.54, 1.807) is 6.07 Å². The fourth-order valence-corrected chi connectivity index (χ4v) is 1.85. The van der Waals surface area contributed by atoms with Crippen molar-refractivity contribution in [1.29, 1.82) is 0 Å². The van der Waals surface area contributed by atoms with Gasteiger partial charge in [0.15, 0.2) is 5.65 Å². The number of pyridine rings is 1. The van der Waals surface area contributed by atoms with E-state index in [-0.39, 0.29) is 17.5 Å². The normalized spacial score (nSPS) is 18.7. The van der Waals surface area contributed by atoms with Crippen molar-refractivity contribution >= 4 is 22.9 Å². The van der Waals surface area contributed by atoms with Crippen LogP contribution in [-0.4, -0.2) is 40.9 Å². The Morgan fingerprint density at radius 1 is 1.44 bits per heavy atom. The van der Waals surface area contributed by atoms with Crippen molar-refractivity contribution in [3.8, 4) is 0 Å². The van der Waals surface area contributed by atoms with Crippen molar-refractivity contribution in [2.45, 2.75) is 0 Å². The Labute approximate surface area is 100 Å². The van der Waals surface area contributed by atoms with Crippen molar-refractivity contribution < 1.29 is 7.48 Å². The van der Waals surface area contributed by atoms with Crippen LogP contribution in [-0.2, 0) is 4.74 Å². The first kappa shape index (κ1) is 7.86. The third-order valence-electron chi connectivity index (χ3n) is 2.49. The Hall–Kier alpha value is -1.33. The SMILES string of the molecule is [2H]c1cc(N2CCOCC2)c([2H])n2nc(Cl)nc12. The van der Waals surface area contributed by atoms with Gasteiger partial charge >= 0.3 is 0 Å². The second-order valence-electron chi connectivity index (χ2n) is 3.50. The van der Waals surface area contributed by atoms with Crippen molar-refractivity contribution in [2.24, 2.45) is 0 Å². The van der Waals surface area contributed by atoms with Gasteiger partial charge in [0, 0.05) is 13.1 Å². The van der Waals surface area contributed by atoms with Crippen LogP contribution in [0.15, 0.2) is 18.3 Å². The van der Waals surface area contributed by atoms with E-state index >= 15 is 0 Å². The zero-order valence-corrected chi connectivity index (χ0v) is 9.24. The molecule has 5 nitrogen and oxygen atoms in total. The van der Waals surface area contributed by atoms with Crippen LogP contribution >= 0.6 is 11.6 Å². The number of morpholine rings is 1. The molecular formula is C10H11ClN4O. The summed E-state index contributed by atoms with van der Waals surface area (Å²) in [5.41, 5.74) is 0.972. The molecule has 0 saturated carbocycles. The number of rotatable bonds is 1. The average molecular weight is 241 g/mol. The van der Waals surface area contributed by atoms with Gasteiger partial charge in [0.2, 0.25) is 5.28 Å². The molecule has 0 radical (unpaired) electrons. The maximum Gasteiger partial charge on any atom is 0.243 e. The zero-order valence-electron chi connectivity index (χ0n) is 10.5. The number of hydrogen-bond donors (Lipinski definition) is 0. The highest BCUT2D eigenvalue weighted by Crippen LogP contribution is 2.17. The van der Waals surface area contributed by atoms with Gasteiger partial charge in [-0.2, -0.15) is 4.98 Å². The molecule has 1 fully saturated rings. The predicted molar refractivity (Wildman–Crippen MR) is 61.0 cm³/mol. The van der Waals surface area contributed by atoms with E-state index in [0.29, 0.717) is 37.6 Å². The number of anilines is 1. The number of aromatic nitrogens is 3. The second kappa shape index (κ2) is 3.92. The molecule has 0 aromatic carbocycles. The molecule has 84 valence electrons. The highest BCUT2D eigenvalue weighted by molar-refractivity contribution is 6.28. The molecule has 0 amide bonds. The van der Waals surface area contributed by atoms with Gasteiger partial charge in [0.25, 0.3) is 0 Å². The van der Waals surface area contributed by atoms with E-state index in [0.717, 1.165) is 0 Å². The monoisotopic (exact) mass is 240 g/mol. The van der Waals surface area contributed by atoms with E-state index in [9.17, 15) is 0 Å². The maximum absolute atomic E-state index is 8.12. The van der Waals surface area contributed by atoms with Crippen molar-refractivity contribution in [3.63, 3.8) is 0 Å². The van der Waals surface area contributed by atoms with E-state index in [2.05, 4.69) is 10.1 Å². The molecule has 1 aliphatic rings. The van der Waals surface area contributed by atoms with Gasteiger partial charge in [-0.25, -0.2) is 4.52 Å². The van der Waals surface area contributed by atoms with E-state index in [1.165, 1.54) is 4.52 Å². The Morgan fingerprint density at radius 2 is 2.25 bits per heavy atom. The summed E-state index contributed by atoms with van der Waals surface area (Å²) < 4.78 is 22.6. The van der Waals surface area contributed by atoms with E-state index in [4.69, 9.17) is 19.1 Å². The first-order valence-electron chi connectivity index (χ1n) is 6.02. The lowest BCUT2D eigenvalue weighted by Gasteiger charge is -2.28. The van der Waals surface area contributed by atoms with Gasteiger partial charge in [-0.3, -0.25) is 0 Å². The number of hydrogen-bond acceptors (Lipinski definition) is 4. The lowest BCUT2D eigenvalue weighted by molar-refractivity contribution is 0.122. The van der Waals surface area contributed by atoms with Gasteiger partial charge in [0.05, 0.1) is 27.8 Å². The number of halogens is 1. The maximum atomic E-state index is 8.12. The standard InChI is InChI=1S/C10H11ClN4O/c11-10-12-9-2-1-8(7-15(9)13-10)14-3-5-16-6-4-14/h1-2,7H,3-6H2/i2D,7D. The highest BCUT2D eigenvalue weighted by Gasteiger charge is 2.12. The van der Waals surface area contributed by atoms with Crippen LogP contribution in [0.5, 0.6) is 0 Å². The molecule has 0 N–H and O–H groups in total. The smallest absolute Gasteiger partial charge is 0.243 e. The summed E-state index contributed by atoms with van der Waals surface area (Å²) in [6.07, 6.45) is 0.197. The Balaban J connectivity index is 2.14. The van der Waals surface area contributed by atoms with Crippen LogP contribution in [0.3, 0.4) is 0 Å². The number of ether oxygens (including phenoxy) is 1. The minimum absolute atomic E-state index is 0.0520. The summed E-state index contributed by atoms with van der Waals surface area (Å²) in [4.78, 5) is 5.94. The Morgan fingerprint density at radius 3 is 3.06 bits per heavy atom. The van der Waals surface area contributed by atoms with Crippen LogP contribution in [0.4, 0.5) is 5.69 Å². The lowest BCUT2D eigenvalue weighted by atomic mass is 10.3. The van der Waals surface area contributed by atoms with Gasteiger partial charge < -0.3 is 9.64 Å². The Bertz CT molecular complexity index is 597. The zero-order chi connectivity index (χ0) is 12.7. The van der Waals surface area contributed by atoms with Gasteiger partial charge in [0.1, 0.15) is 0 Å². The molecule has 0 bridgehead atoms. The van der Waals surface area contributed by atoms with E-state index in [1.807, 2.05) is 4.90 Å². The molecule has 16 heavy (non-hydrogen) atoms. The first-order valence-corrected chi connectivity index (χ1v) is 5.40. The highest BCUT2D eigenvalue weighted by atomic mass is 35.5. The Kier molecular flexibility index (Phi) is 1.93. The molecule has 0 atom stereocenters. The molecule has 1 saturated heterocycles. The van der Waals surface area contributed by atoms with Crippen LogP contribution in [0.25, 0.3) is 5.65 Å². The molecular weight excluding hydrogens is 228 g/mol. The summed E-state index contributed by atoms with van der Waals surface area (Å²) in [5, 5.41) is 3.99. The van der Waals surface area contributed by atoms with Crippen LogP contribution in [0.2, 0.25) is 5.28 Å². The summed E-state index contributed by atoms with van der Waals surface area (Å²) in [5.74, 6) is 0. The quantitative estimate of drug-likeness (QED) is 0.752.